The Balaban J connectivity index is 1.38. The molecule has 1 aromatic carbocycles. The van der Waals surface area contributed by atoms with Crippen LogP contribution in [0, 0.1) is 10.1 Å². The summed E-state index contributed by atoms with van der Waals surface area (Å²) >= 11 is 0. The number of fused-ring (bicyclic) bond motifs is 1. The molecule has 0 unspecified atom stereocenters. The standard InChI is InChI=1S/C20H22N4O4/c25-24(26)17-4-2-16(3-5-17)19-15-23-14-18(6-7-20(23)21-19)28-11-1-8-22-9-12-27-13-10-22/h2-7,14-15H,1,8-13H2. The average Bonchev–Trinajstić information content (AvgIpc) is 3.15. The molecule has 0 N–H and O–H groups in total. The lowest BCUT2D eigenvalue weighted by Gasteiger charge is -2.26. The first-order valence-electron chi connectivity index (χ1n) is 9.35. The van der Waals surface area contributed by atoms with E-state index in [2.05, 4.69) is 9.88 Å². The molecule has 1 fully saturated rings. The van der Waals surface area contributed by atoms with Crippen molar-refractivity contribution in [3.05, 3.63) is 58.9 Å². The van der Waals surface area contributed by atoms with Gasteiger partial charge in [0.15, 0.2) is 0 Å². The Hall–Kier alpha value is -2.97. The molecule has 0 saturated carbocycles. The van der Waals surface area contributed by atoms with Crippen molar-refractivity contribution in [2.45, 2.75) is 6.42 Å². The minimum absolute atomic E-state index is 0.0697. The number of rotatable bonds is 7. The lowest BCUT2D eigenvalue weighted by atomic mass is 10.1. The summed E-state index contributed by atoms with van der Waals surface area (Å²) in [5.74, 6) is 0.794. The minimum Gasteiger partial charge on any atom is -0.492 e. The predicted octanol–water partition coefficient (Wildman–Crippen LogP) is 3.01. The molecule has 0 amide bonds. The molecule has 0 bridgehead atoms. The molecule has 28 heavy (non-hydrogen) atoms. The Morgan fingerprint density at radius 3 is 2.64 bits per heavy atom. The zero-order valence-corrected chi connectivity index (χ0v) is 15.5. The molecule has 8 heteroatoms. The van der Waals surface area contributed by atoms with Crippen LogP contribution in [0.3, 0.4) is 0 Å². The molecule has 1 aliphatic rings. The Bertz CT molecular complexity index is 948. The van der Waals surface area contributed by atoms with Crippen molar-refractivity contribution >= 4 is 11.3 Å². The fourth-order valence-electron chi connectivity index (χ4n) is 3.25. The van der Waals surface area contributed by atoms with Gasteiger partial charge in [0.2, 0.25) is 0 Å². The summed E-state index contributed by atoms with van der Waals surface area (Å²) in [5.41, 5.74) is 2.47. The quantitative estimate of drug-likeness (QED) is 0.355. The molecule has 1 aliphatic heterocycles. The van der Waals surface area contributed by atoms with E-state index in [0.717, 1.165) is 61.9 Å². The Labute approximate surface area is 162 Å². The molecule has 0 spiro atoms. The van der Waals surface area contributed by atoms with Crippen LogP contribution in [0.15, 0.2) is 48.8 Å². The summed E-state index contributed by atoms with van der Waals surface area (Å²) in [7, 11) is 0. The van der Waals surface area contributed by atoms with Crippen LogP contribution in [0.2, 0.25) is 0 Å². The Morgan fingerprint density at radius 1 is 1.11 bits per heavy atom. The highest BCUT2D eigenvalue weighted by Gasteiger charge is 2.10. The Morgan fingerprint density at radius 2 is 1.89 bits per heavy atom. The van der Waals surface area contributed by atoms with Crippen LogP contribution in [0.5, 0.6) is 5.75 Å². The summed E-state index contributed by atoms with van der Waals surface area (Å²) in [6.45, 7) is 5.29. The summed E-state index contributed by atoms with van der Waals surface area (Å²) in [6.07, 6.45) is 4.78. The van der Waals surface area contributed by atoms with Crippen LogP contribution in [-0.2, 0) is 4.74 Å². The molecule has 0 atom stereocenters. The van der Waals surface area contributed by atoms with Crippen molar-refractivity contribution in [2.24, 2.45) is 0 Å². The van der Waals surface area contributed by atoms with E-state index < -0.39 is 4.92 Å². The molecule has 2 aromatic heterocycles. The van der Waals surface area contributed by atoms with Crippen LogP contribution >= 0.6 is 0 Å². The van der Waals surface area contributed by atoms with Gasteiger partial charge in [-0.1, -0.05) is 0 Å². The van der Waals surface area contributed by atoms with Crippen molar-refractivity contribution < 1.29 is 14.4 Å². The lowest BCUT2D eigenvalue weighted by molar-refractivity contribution is -0.384. The second-order valence-electron chi connectivity index (χ2n) is 6.72. The highest BCUT2D eigenvalue weighted by atomic mass is 16.6. The van der Waals surface area contributed by atoms with E-state index in [-0.39, 0.29) is 5.69 Å². The topological polar surface area (TPSA) is 82.1 Å². The third-order valence-electron chi connectivity index (χ3n) is 4.79. The highest BCUT2D eigenvalue weighted by molar-refractivity contribution is 5.64. The number of morpholine rings is 1. The molecule has 1 saturated heterocycles. The summed E-state index contributed by atoms with van der Waals surface area (Å²) < 4.78 is 13.1. The normalized spacial score (nSPS) is 15.0. The van der Waals surface area contributed by atoms with Gasteiger partial charge in [0.25, 0.3) is 5.69 Å². The first-order chi connectivity index (χ1) is 13.7. The number of nitrogens with zero attached hydrogens (tertiary/aromatic N) is 4. The van der Waals surface area contributed by atoms with Gasteiger partial charge in [-0.25, -0.2) is 4.98 Å². The van der Waals surface area contributed by atoms with Crippen molar-refractivity contribution in [3.8, 4) is 17.0 Å². The van der Waals surface area contributed by atoms with E-state index in [1.165, 1.54) is 12.1 Å². The summed E-state index contributed by atoms with van der Waals surface area (Å²) in [4.78, 5) is 17.3. The number of pyridine rings is 1. The first kappa shape index (κ1) is 18.4. The molecule has 3 aromatic rings. The van der Waals surface area contributed by atoms with Gasteiger partial charge in [0.1, 0.15) is 11.4 Å². The van der Waals surface area contributed by atoms with Crippen LogP contribution < -0.4 is 4.74 Å². The summed E-state index contributed by atoms with van der Waals surface area (Å²) in [5, 5.41) is 10.8. The van der Waals surface area contributed by atoms with E-state index in [1.807, 2.05) is 28.9 Å². The van der Waals surface area contributed by atoms with Gasteiger partial charge in [0, 0.05) is 43.5 Å². The molecular weight excluding hydrogens is 360 g/mol. The number of hydrogen-bond donors (Lipinski definition) is 0. The van der Waals surface area contributed by atoms with Gasteiger partial charge in [-0.2, -0.15) is 0 Å². The van der Waals surface area contributed by atoms with Gasteiger partial charge < -0.3 is 13.9 Å². The average molecular weight is 382 g/mol. The van der Waals surface area contributed by atoms with Gasteiger partial charge >= 0.3 is 0 Å². The summed E-state index contributed by atoms with van der Waals surface area (Å²) in [6, 6.07) is 10.2. The molecule has 0 radical (unpaired) electrons. The molecule has 4 rings (SSSR count). The molecule has 0 aliphatic carbocycles. The largest absolute Gasteiger partial charge is 0.492 e. The maximum Gasteiger partial charge on any atom is 0.269 e. The monoisotopic (exact) mass is 382 g/mol. The molecule has 146 valence electrons. The first-order valence-corrected chi connectivity index (χ1v) is 9.35. The van der Waals surface area contributed by atoms with Gasteiger partial charge in [0.05, 0.1) is 36.6 Å². The maximum atomic E-state index is 10.8. The maximum absolute atomic E-state index is 10.8. The number of non-ortho nitro benzene ring substituents is 1. The second-order valence-corrected chi connectivity index (χ2v) is 6.72. The van der Waals surface area contributed by atoms with Gasteiger partial charge in [-0.3, -0.25) is 15.0 Å². The lowest BCUT2D eigenvalue weighted by Crippen LogP contribution is -2.37. The SMILES string of the molecule is O=[N+]([O-])c1ccc(-c2cn3cc(OCCCN4CCOCC4)ccc3n2)cc1. The van der Waals surface area contributed by atoms with Crippen molar-refractivity contribution in [1.29, 1.82) is 0 Å². The van der Waals surface area contributed by atoms with E-state index >= 15 is 0 Å². The van der Waals surface area contributed by atoms with E-state index in [0.29, 0.717) is 6.61 Å². The van der Waals surface area contributed by atoms with E-state index in [9.17, 15) is 10.1 Å². The third kappa shape index (κ3) is 4.29. The van der Waals surface area contributed by atoms with Crippen molar-refractivity contribution in [1.82, 2.24) is 14.3 Å². The predicted molar refractivity (Wildman–Crippen MR) is 105 cm³/mol. The smallest absolute Gasteiger partial charge is 0.269 e. The van der Waals surface area contributed by atoms with Crippen molar-refractivity contribution in [2.75, 3.05) is 39.5 Å². The zero-order chi connectivity index (χ0) is 19.3. The third-order valence-corrected chi connectivity index (χ3v) is 4.79. The number of nitro groups is 1. The second kappa shape index (κ2) is 8.37. The number of nitro benzene ring substituents is 1. The van der Waals surface area contributed by atoms with E-state index in [4.69, 9.17) is 9.47 Å². The molecular formula is C20H22N4O4. The van der Waals surface area contributed by atoms with Gasteiger partial charge in [-0.15, -0.1) is 0 Å². The fraction of sp³-hybridized carbons (Fsp3) is 0.350. The van der Waals surface area contributed by atoms with E-state index in [1.54, 1.807) is 12.1 Å². The number of aromatic nitrogens is 2. The minimum atomic E-state index is -0.407. The fourth-order valence-corrected chi connectivity index (χ4v) is 3.25. The number of benzene rings is 1. The van der Waals surface area contributed by atoms with Crippen LogP contribution in [-0.4, -0.2) is 58.7 Å². The number of hydrogen-bond acceptors (Lipinski definition) is 6. The number of imidazole rings is 1. The van der Waals surface area contributed by atoms with Crippen LogP contribution in [0.1, 0.15) is 6.42 Å². The Kier molecular flexibility index (Phi) is 5.50. The zero-order valence-electron chi connectivity index (χ0n) is 15.5. The number of ether oxygens (including phenoxy) is 2. The highest BCUT2D eigenvalue weighted by Crippen LogP contribution is 2.23. The molecule has 8 nitrogen and oxygen atoms in total. The van der Waals surface area contributed by atoms with Crippen molar-refractivity contribution in [3.63, 3.8) is 0 Å². The molecule has 3 heterocycles. The van der Waals surface area contributed by atoms with Gasteiger partial charge in [-0.05, 0) is 30.7 Å². The van der Waals surface area contributed by atoms with Crippen LogP contribution in [0.4, 0.5) is 5.69 Å². The van der Waals surface area contributed by atoms with Crippen LogP contribution in [0.25, 0.3) is 16.9 Å².